The van der Waals surface area contributed by atoms with Crippen LogP contribution in [0.15, 0.2) is 24.3 Å². The van der Waals surface area contributed by atoms with Crippen LogP contribution in [0.2, 0.25) is 5.02 Å². The summed E-state index contributed by atoms with van der Waals surface area (Å²) in [4.78, 5) is 1.17. The van der Waals surface area contributed by atoms with Crippen LogP contribution in [-0.2, 0) is 6.54 Å². The van der Waals surface area contributed by atoms with Gasteiger partial charge in [0.15, 0.2) is 0 Å². The molecule has 0 aliphatic heterocycles. The van der Waals surface area contributed by atoms with Gasteiger partial charge in [-0.1, -0.05) is 36.7 Å². The lowest BCUT2D eigenvalue weighted by Crippen LogP contribution is -2.50. The number of hydrogen-bond donors (Lipinski definition) is 2. The van der Waals surface area contributed by atoms with Gasteiger partial charge in [-0.05, 0) is 37.7 Å². The first kappa shape index (κ1) is 15.3. The zero-order chi connectivity index (χ0) is 14.9. The van der Waals surface area contributed by atoms with Crippen molar-refractivity contribution in [2.45, 2.75) is 44.7 Å². The maximum Gasteiger partial charge on any atom is 0.0636 e. The molecule has 0 unspecified atom stereocenters. The molecule has 21 heavy (non-hydrogen) atoms. The highest BCUT2D eigenvalue weighted by Gasteiger charge is 2.33. The summed E-state index contributed by atoms with van der Waals surface area (Å²) in [6.45, 7) is 3.25. The Morgan fingerprint density at radius 2 is 2.05 bits per heavy atom. The first-order valence-corrected chi connectivity index (χ1v) is 8.85. The largest absolute Gasteiger partial charge is 0.394 e. The lowest BCUT2D eigenvalue weighted by atomic mass is 9.77. The molecule has 0 amide bonds. The van der Waals surface area contributed by atoms with Crippen molar-refractivity contribution in [1.29, 1.82) is 0 Å². The van der Waals surface area contributed by atoms with Crippen LogP contribution in [0.25, 0.3) is 10.1 Å². The molecule has 114 valence electrons. The molecule has 1 fully saturated rings. The first-order valence-electron chi connectivity index (χ1n) is 7.65. The van der Waals surface area contributed by atoms with E-state index in [4.69, 9.17) is 11.6 Å². The standard InChI is InChI=1S/C17H22ClNOS/c1-12-6-8-17(11-20,9-7-12)19-10-15-16(18)13-4-2-3-5-14(13)21-15/h2-5,12,19-20H,6-11H2,1H3. The van der Waals surface area contributed by atoms with Gasteiger partial charge in [0.25, 0.3) is 0 Å². The van der Waals surface area contributed by atoms with Crippen molar-refractivity contribution in [3.05, 3.63) is 34.2 Å². The van der Waals surface area contributed by atoms with Crippen molar-refractivity contribution in [2.24, 2.45) is 5.92 Å². The van der Waals surface area contributed by atoms with E-state index in [1.54, 1.807) is 11.3 Å². The van der Waals surface area contributed by atoms with Gasteiger partial charge in [-0.2, -0.15) is 0 Å². The van der Waals surface area contributed by atoms with E-state index in [9.17, 15) is 5.11 Å². The predicted molar refractivity (Wildman–Crippen MR) is 91.1 cm³/mol. The zero-order valence-corrected chi connectivity index (χ0v) is 13.9. The number of thiophene rings is 1. The van der Waals surface area contributed by atoms with Crippen molar-refractivity contribution in [3.63, 3.8) is 0 Å². The Hall–Kier alpha value is -0.610. The Labute approximate surface area is 135 Å². The van der Waals surface area contributed by atoms with Gasteiger partial charge in [-0.15, -0.1) is 11.3 Å². The minimum absolute atomic E-state index is 0.119. The highest BCUT2D eigenvalue weighted by atomic mass is 35.5. The summed E-state index contributed by atoms with van der Waals surface area (Å²) in [5.74, 6) is 0.777. The van der Waals surface area contributed by atoms with Crippen LogP contribution in [0.5, 0.6) is 0 Å². The normalized spacial score (nSPS) is 26.3. The van der Waals surface area contributed by atoms with E-state index in [0.717, 1.165) is 35.7 Å². The van der Waals surface area contributed by atoms with E-state index < -0.39 is 0 Å². The number of hydrogen-bond acceptors (Lipinski definition) is 3. The van der Waals surface area contributed by atoms with Crippen molar-refractivity contribution < 1.29 is 5.11 Å². The Morgan fingerprint density at radius 1 is 1.33 bits per heavy atom. The molecule has 2 aromatic rings. The summed E-state index contributed by atoms with van der Waals surface area (Å²) in [5.41, 5.74) is -0.119. The van der Waals surface area contributed by atoms with Crippen LogP contribution in [0.4, 0.5) is 0 Å². The van der Waals surface area contributed by atoms with Crippen molar-refractivity contribution in [3.8, 4) is 0 Å². The van der Waals surface area contributed by atoms with Gasteiger partial charge >= 0.3 is 0 Å². The summed E-state index contributed by atoms with van der Waals surface area (Å²) in [7, 11) is 0. The second-order valence-corrected chi connectivity index (χ2v) is 7.82. The van der Waals surface area contributed by atoms with Crippen LogP contribution in [-0.4, -0.2) is 17.3 Å². The van der Waals surface area contributed by atoms with E-state index in [2.05, 4.69) is 24.4 Å². The average Bonchev–Trinajstić information content (AvgIpc) is 2.84. The number of rotatable bonds is 4. The van der Waals surface area contributed by atoms with Crippen LogP contribution in [0.3, 0.4) is 0 Å². The average molecular weight is 324 g/mol. The number of benzene rings is 1. The number of nitrogens with one attached hydrogen (secondary N) is 1. The molecule has 1 aliphatic carbocycles. The zero-order valence-electron chi connectivity index (χ0n) is 12.4. The van der Waals surface area contributed by atoms with Crippen LogP contribution < -0.4 is 5.32 Å². The van der Waals surface area contributed by atoms with Crippen molar-refractivity contribution in [2.75, 3.05) is 6.61 Å². The monoisotopic (exact) mass is 323 g/mol. The predicted octanol–water partition coefficient (Wildman–Crippen LogP) is 4.59. The molecule has 3 rings (SSSR count). The summed E-state index contributed by atoms with van der Waals surface area (Å²) in [6.07, 6.45) is 4.47. The molecular weight excluding hydrogens is 302 g/mol. The Kier molecular flexibility index (Phi) is 4.55. The highest BCUT2D eigenvalue weighted by molar-refractivity contribution is 7.19. The third-order valence-corrected chi connectivity index (χ3v) is 6.47. The van der Waals surface area contributed by atoms with Gasteiger partial charge in [0.2, 0.25) is 0 Å². The molecule has 0 radical (unpaired) electrons. The molecule has 1 aromatic heterocycles. The van der Waals surface area contributed by atoms with Gasteiger partial charge < -0.3 is 10.4 Å². The topological polar surface area (TPSA) is 32.3 Å². The van der Waals surface area contributed by atoms with Crippen molar-refractivity contribution >= 4 is 33.0 Å². The van der Waals surface area contributed by atoms with Crippen LogP contribution in [0.1, 0.15) is 37.5 Å². The van der Waals surface area contributed by atoms with Gasteiger partial charge in [-0.3, -0.25) is 0 Å². The summed E-state index contributed by atoms with van der Waals surface area (Å²) >= 11 is 8.24. The van der Waals surface area contributed by atoms with Gasteiger partial charge in [0.05, 0.1) is 11.6 Å². The molecule has 1 saturated carbocycles. The lowest BCUT2D eigenvalue weighted by Gasteiger charge is -2.39. The Balaban J connectivity index is 1.74. The number of aliphatic hydroxyl groups excluding tert-OH is 1. The third-order valence-electron chi connectivity index (χ3n) is 4.76. The smallest absolute Gasteiger partial charge is 0.0636 e. The van der Waals surface area contributed by atoms with E-state index in [-0.39, 0.29) is 12.1 Å². The molecule has 2 N–H and O–H groups in total. The highest BCUT2D eigenvalue weighted by Crippen LogP contribution is 2.36. The Bertz CT molecular complexity index is 616. The van der Waals surface area contributed by atoms with Gasteiger partial charge in [-0.25, -0.2) is 0 Å². The second kappa shape index (κ2) is 6.25. The van der Waals surface area contributed by atoms with Crippen LogP contribution in [0, 0.1) is 5.92 Å². The molecule has 0 bridgehead atoms. The first-order chi connectivity index (χ1) is 10.1. The summed E-state index contributed by atoms with van der Waals surface area (Å²) < 4.78 is 1.23. The molecule has 1 aliphatic rings. The van der Waals surface area contributed by atoms with Crippen LogP contribution >= 0.6 is 22.9 Å². The minimum atomic E-state index is -0.119. The Morgan fingerprint density at radius 3 is 2.71 bits per heavy atom. The molecule has 2 nitrogen and oxygen atoms in total. The molecule has 4 heteroatoms. The third kappa shape index (κ3) is 3.11. The van der Waals surface area contributed by atoms with E-state index in [0.29, 0.717) is 0 Å². The van der Waals surface area contributed by atoms with E-state index in [1.165, 1.54) is 22.4 Å². The van der Waals surface area contributed by atoms with E-state index >= 15 is 0 Å². The molecule has 0 saturated heterocycles. The summed E-state index contributed by atoms with van der Waals surface area (Å²) in [6, 6.07) is 8.25. The second-order valence-electron chi connectivity index (χ2n) is 6.31. The molecular formula is C17H22ClNOS. The number of fused-ring (bicyclic) bond motifs is 1. The fraction of sp³-hybridized carbons (Fsp3) is 0.529. The number of halogens is 1. The van der Waals surface area contributed by atoms with E-state index in [1.807, 2.05) is 12.1 Å². The SMILES string of the molecule is CC1CCC(CO)(NCc2sc3ccccc3c2Cl)CC1. The minimum Gasteiger partial charge on any atom is -0.394 e. The lowest BCUT2D eigenvalue weighted by molar-refractivity contribution is 0.104. The van der Waals surface area contributed by atoms with Gasteiger partial charge in [0, 0.05) is 27.0 Å². The molecule has 0 spiro atoms. The summed E-state index contributed by atoms with van der Waals surface area (Å²) in [5, 5.41) is 15.4. The molecule has 1 heterocycles. The van der Waals surface area contributed by atoms with Crippen molar-refractivity contribution in [1.82, 2.24) is 5.32 Å². The van der Waals surface area contributed by atoms with Gasteiger partial charge in [0.1, 0.15) is 0 Å². The fourth-order valence-electron chi connectivity index (χ4n) is 3.15. The maximum atomic E-state index is 9.82. The molecule has 1 aromatic carbocycles. The quantitative estimate of drug-likeness (QED) is 0.862. The molecule has 0 atom stereocenters. The maximum absolute atomic E-state index is 9.82. The fourth-order valence-corrected chi connectivity index (χ4v) is 4.59. The number of aliphatic hydroxyl groups is 1.